The van der Waals surface area contributed by atoms with Gasteiger partial charge >= 0.3 is 0 Å². The van der Waals surface area contributed by atoms with Crippen molar-refractivity contribution >= 4 is 57.5 Å². The summed E-state index contributed by atoms with van der Waals surface area (Å²) in [5.74, 6) is -1.16. The summed E-state index contributed by atoms with van der Waals surface area (Å²) in [5.41, 5.74) is 3.80. The number of benzene rings is 2. The number of likely N-dealkylation sites (tertiary alicyclic amines) is 1. The van der Waals surface area contributed by atoms with E-state index in [0.29, 0.717) is 40.7 Å². The van der Waals surface area contributed by atoms with E-state index < -0.39 is 29.7 Å². The van der Waals surface area contributed by atoms with E-state index in [1.54, 1.807) is 35.1 Å². The van der Waals surface area contributed by atoms with Gasteiger partial charge in [0.2, 0.25) is 11.8 Å². The summed E-state index contributed by atoms with van der Waals surface area (Å²) in [6.45, 7) is 7.33. The lowest BCUT2D eigenvalue weighted by Gasteiger charge is -2.52. The highest BCUT2D eigenvalue weighted by molar-refractivity contribution is 6.23. The topological polar surface area (TPSA) is 176 Å². The van der Waals surface area contributed by atoms with Gasteiger partial charge in [0.25, 0.3) is 17.7 Å². The van der Waals surface area contributed by atoms with Crippen LogP contribution in [0.4, 0.5) is 11.4 Å². The summed E-state index contributed by atoms with van der Waals surface area (Å²) in [4.78, 5) is 74.1. The highest BCUT2D eigenvalue weighted by Crippen LogP contribution is 2.39. The molecule has 1 aliphatic carbocycles. The maximum Gasteiger partial charge on any atom is 0.262 e. The molecule has 5 aromatic rings. The van der Waals surface area contributed by atoms with E-state index in [2.05, 4.69) is 48.3 Å². The van der Waals surface area contributed by atoms with Crippen LogP contribution < -0.4 is 20.3 Å². The largest absolute Gasteiger partial charge is 0.491 e. The Morgan fingerprint density at radius 2 is 1.81 bits per heavy atom. The Morgan fingerprint density at radius 1 is 1.00 bits per heavy atom. The quantitative estimate of drug-likeness (QED) is 0.198. The molecule has 4 aliphatic heterocycles. The van der Waals surface area contributed by atoms with Crippen molar-refractivity contribution in [2.24, 2.45) is 11.3 Å². The molecule has 3 saturated heterocycles. The molecule has 7 heterocycles. The van der Waals surface area contributed by atoms with E-state index in [1.165, 1.54) is 6.20 Å². The molecule has 1 saturated carbocycles. The van der Waals surface area contributed by atoms with Crippen LogP contribution in [0, 0.1) is 11.3 Å². The van der Waals surface area contributed by atoms with Gasteiger partial charge in [0.1, 0.15) is 17.4 Å². The molecule has 292 valence electrons. The van der Waals surface area contributed by atoms with E-state index in [-0.39, 0.29) is 35.8 Å². The zero-order chi connectivity index (χ0) is 39.0. The lowest BCUT2D eigenvalue weighted by molar-refractivity contribution is -0.136. The Kier molecular flexibility index (Phi) is 8.35. The molecule has 2 aromatic carbocycles. The predicted molar refractivity (Wildman–Crippen MR) is 207 cm³/mol. The Labute approximate surface area is 327 Å². The minimum atomic E-state index is -0.980. The number of carbonyl (C=O) groups is 5. The van der Waals surface area contributed by atoms with Crippen LogP contribution in [0.2, 0.25) is 0 Å². The molecule has 1 atom stereocenters. The maximum absolute atomic E-state index is 13.4. The standard InChI is InChI=1S/C41H42N10O6/c1-41(22-48(23-41)27-5-6-28-29(16-27)40(56)51(39(28)55)33-7-8-35(52)45-38(33)54)21-47-13-9-26(10-14-47)50-19-25-15-32(34(17-31(25)46-50)57-20-24-3-4-24)44-37(53)30-18-43-49-12-2-11-42-36(30)49/h2,5-6,11-12,15-19,24,26,33H,3-4,7-10,13-14,20-23H2,1H3,(H,44,53)(H,45,52,54). The molecule has 5 aliphatic rings. The lowest BCUT2D eigenvalue weighted by atomic mass is 9.80. The zero-order valence-electron chi connectivity index (χ0n) is 31.5. The Hall–Kier alpha value is -6.16. The molecule has 57 heavy (non-hydrogen) atoms. The van der Waals surface area contributed by atoms with Crippen molar-refractivity contribution in [2.75, 3.05) is 49.5 Å². The second kappa shape index (κ2) is 13.5. The Morgan fingerprint density at radius 3 is 2.60 bits per heavy atom. The number of nitrogens with one attached hydrogen (secondary N) is 2. The number of amides is 5. The molecule has 16 nitrogen and oxygen atoms in total. The third-order valence-electron chi connectivity index (χ3n) is 12.0. The molecule has 16 heteroatoms. The first-order chi connectivity index (χ1) is 27.6. The number of carbonyl (C=O) groups excluding carboxylic acids is 5. The number of hydrogen-bond acceptors (Lipinski definition) is 11. The van der Waals surface area contributed by atoms with Crippen LogP contribution in [0.15, 0.2) is 61.2 Å². The van der Waals surface area contributed by atoms with E-state index in [1.807, 2.05) is 18.2 Å². The average molecular weight is 771 g/mol. The fourth-order valence-electron chi connectivity index (χ4n) is 8.84. The van der Waals surface area contributed by atoms with Crippen molar-refractivity contribution < 1.29 is 28.7 Å². The van der Waals surface area contributed by atoms with Crippen molar-refractivity contribution in [2.45, 2.75) is 57.5 Å². The lowest BCUT2D eigenvalue weighted by Crippen LogP contribution is -2.60. The molecule has 3 aromatic heterocycles. The number of aromatic nitrogens is 5. The number of hydrogen-bond donors (Lipinski definition) is 2. The van der Waals surface area contributed by atoms with Gasteiger partial charge in [-0.15, -0.1) is 0 Å². The smallest absolute Gasteiger partial charge is 0.262 e. The van der Waals surface area contributed by atoms with Crippen LogP contribution in [0.25, 0.3) is 16.6 Å². The molecule has 10 rings (SSSR count). The van der Waals surface area contributed by atoms with E-state index in [0.717, 1.165) is 79.9 Å². The first-order valence-corrected chi connectivity index (χ1v) is 19.7. The van der Waals surface area contributed by atoms with Crippen LogP contribution in [-0.4, -0.2) is 109 Å². The van der Waals surface area contributed by atoms with Crippen LogP contribution in [0.1, 0.15) is 82.6 Å². The van der Waals surface area contributed by atoms with E-state index in [9.17, 15) is 24.0 Å². The van der Waals surface area contributed by atoms with Crippen LogP contribution in [0.3, 0.4) is 0 Å². The number of piperidine rings is 2. The first kappa shape index (κ1) is 35.3. The highest BCUT2D eigenvalue weighted by Gasteiger charge is 2.46. The molecular formula is C41H42N10O6. The fraction of sp³-hybridized carbons (Fsp3) is 0.415. The van der Waals surface area contributed by atoms with Gasteiger partial charge in [0.15, 0.2) is 5.65 Å². The molecule has 1 unspecified atom stereocenters. The van der Waals surface area contributed by atoms with Gasteiger partial charge in [-0.3, -0.25) is 38.9 Å². The Balaban J connectivity index is 0.770. The highest BCUT2D eigenvalue weighted by atomic mass is 16.5. The van der Waals surface area contributed by atoms with Gasteiger partial charge in [-0.25, -0.2) is 9.50 Å². The SMILES string of the molecule is CC1(CN2CCC(n3cc4cc(NC(=O)c5cnn6cccnc56)c(OCC5CC5)cc4n3)CC2)CN(c2ccc3c(c2)C(=O)N(C2CCC(=O)NC2=O)C3=O)C1. The Bertz CT molecular complexity index is 2490. The summed E-state index contributed by atoms with van der Waals surface area (Å²) in [7, 11) is 0. The number of fused-ring (bicyclic) bond motifs is 3. The second-order valence-electron chi connectivity index (χ2n) is 16.5. The molecule has 0 spiro atoms. The molecule has 0 radical (unpaired) electrons. The number of ether oxygens (including phenoxy) is 1. The van der Waals surface area contributed by atoms with Crippen molar-refractivity contribution in [3.05, 3.63) is 77.9 Å². The summed E-state index contributed by atoms with van der Waals surface area (Å²) in [5, 5.41) is 15.5. The van der Waals surface area contributed by atoms with Crippen LogP contribution in [-0.2, 0) is 9.59 Å². The van der Waals surface area contributed by atoms with Crippen molar-refractivity contribution in [3.8, 4) is 5.75 Å². The molecule has 5 amide bonds. The molecule has 2 N–H and O–H groups in total. The fourth-order valence-corrected chi connectivity index (χ4v) is 8.84. The van der Waals surface area contributed by atoms with Gasteiger partial charge in [-0.2, -0.15) is 10.2 Å². The van der Waals surface area contributed by atoms with Crippen molar-refractivity contribution in [1.82, 2.24) is 39.5 Å². The van der Waals surface area contributed by atoms with E-state index in [4.69, 9.17) is 9.84 Å². The first-order valence-electron chi connectivity index (χ1n) is 19.7. The van der Waals surface area contributed by atoms with Gasteiger partial charge < -0.3 is 19.9 Å². The minimum absolute atomic E-state index is 0.0575. The average Bonchev–Trinajstić information content (AvgIpc) is 3.68. The number of rotatable bonds is 10. The van der Waals surface area contributed by atoms with Crippen LogP contribution >= 0.6 is 0 Å². The number of imide groups is 2. The van der Waals surface area contributed by atoms with E-state index >= 15 is 0 Å². The van der Waals surface area contributed by atoms with Gasteiger partial charge in [-0.1, -0.05) is 6.92 Å². The maximum atomic E-state index is 13.4. The summed E-state index contributed by atoms with van der Waals surface area (Å²) in [6, 6.07) is 10.2. The normalized spacial score (nSPS) is 21.2. The number of anilines is 2. The van der Waals surface area contributed by atoms with Crippen molar-refractivity contribution in [1.29, 1.82) is 0 Å². The van der Waals surface area contributed by atoms with Crippen molar-refractivity contribution in [3.63, 3.8) is 0 Å². The summed E-state index contributed by atoms with van der Waals surface area (Å²) < 4.78 is 9.89. The van der Waals surface area contributed by atoms with Gasteiger partial charge in [0.05, 0.1) is 41.2 Å². The molecule has 4 fully saturated rings. The summed E-state index contributed by atoms with van der Waals surface area (Å²) >= 11 is 0. The predicted octanol–water partition coefficient (Wildman–Crippen LogP) is 3.68. The van der Waals surface area contributed by atoms with Crippen LogP contribution in [0.5, 0.6) is 5.75 Å². The number of nitrogens with zero attached hydrogens (tertiary/aromatic N) is 8. The monoisotopic (exact) mass is 770 g/mol. The third kappa shape index (κ3) is 6.46. The zero-order valence-corrected chi connectivity index (χ0v) is 31.5. The van der Waals surface area contributed by atoms with Gasteiger partial charge in [0, 0.05) is 80.3 Å². The third-order valence-corrected chi connectivity index (χ3v) is 12.0. The minimum Gasteiger partial charge on any atom is -0.491 e. The second-order valence-corrected chi connectivity index (χ2v) is 16.5. The van der Waals surface area contributed by atoms with Gasteiger partial charge in [-0.05, 0) is 68.4 Å². The molecule has 0 bridgehead atoms. The summed E-state index contributed by atoms with van der Waals surface area (Å²) in [6.07, 6.45) is 11.4. The molecular weight excluding hydrogens is 729 g/mol.